The number of carbonyl (C=O) groups excluding carboxylic acids is 2. The van der Waals surface area contributed by atoms with Crippen molar-refractivity contribution in [3.05, 3.63) is 58.7 Å². The molecule has 0 saturated carbocycles. The minimum Gasteiger partial charge on any atom is -0.493 e. The van der Waals surface area contributed by atoms with Crippen molar-refractivity contribution in [3.8, 4) is 11.5 Å². The summed E-state index contributed by atoms with van der Waals surface area (Å²) in [5.74, 6) is 0.710. The number of hydrogen-bond donors (Lipinski definition) is 0. The average Bonchev–Trinajstić information content (AvgIpc) is 3.19. The maximum Gasteiger partial charge on any atom is 0.306 e. The molecule has 2 aromatic carbocycles. The van der Waals surface area contributed by atoms with Crippen molar-refractivity contribution >= 4 is 11.8 Å². The van der Waals surface area contributed by atoms with Gasteiger partial charge in [0.25, 0.3) is 0 Å². The minimum atomic E-state index is -0.794. The van der Waals surface area contributed by atoms with E-state index in [1.54, 1.807) is 27.2 Å². The van der Waals surface area contributed by atoms with Gasteiger partial charge in [-0.25, -0.2) is 0 Å². The number of fused-ring (bicyclic) bond motifs is 1. The smallest absolute Gasteiger partial charge is 0.306 e. The number of benzene rings is 2. The van der Waals surface area contributed by atoms with Gasteiger partial charge in [0.05, 0.1) is 14.2 Å². The van der Waals surface area contributed by atoms with E-state index in [2.05, 4.69) is 0 Å². The van der Waals surface area contributed by atoms with Gasteiger partial charge in [0.2, 0.25) is 5.78 Å². The summed E-state index contributed by atoms with van der Waals surface area (Å²) in [7, 11) is 3.15. The van der Waals surface area contributed by atoms with E-state index in [4.69, 9.17) is 14.2 Å². The molecule has 1 atom stereocenters. The van der Waals surface area contributed by atoms with Gasteiger partial charge in [-0.3, -0.25) is 9.59 Å². The van der Waals surface area contributed by atoms with E-state index in [-0.39, 0.29) is 12.2 Å². The van der Waals surface area contributed by atoms with E-state index in [1.165, 1.54) is 11.1 Å². The van der Waals surface area contributed by atoms with Crippen molar-refractivity contribution in [1.29, 1.82) is 0 Å². The highest BCUT2D eigenvalue weighted by atomic mass is 16.5. The van der Waals surface area contributed by atoms with Gasteiger partial charge in [-0.05, 0) is 67.5 Å². The SMILES string of the molecule is COc1ccc(CCC(=O)O[C@@H](C)C(=O)c2ccc3c(c2)CCC3)cc1OC. The largest absolute Gasteiger partial charge is 0.493 e. The zero-order chi connectivity index (χ0) is 20.1. The van der Waals surface area contributed by atoms with Crippen LogP contribution in [0.4, 0.5) is 0 Å². The van der Waals surface area contributed by atoms with Crippen LogP contribution < -0.4 is 9.47 Å². The third-order valence-electron chi connectivity index (χ3n) is 5.13. The second-order valence-electron chi connectivity index (χ2n) is 7.02. The summed E-state index contributed by atoms with van der Waals surface area (Å²) in [5.41, 5.74) is 4.10. The molecule has 3 rings (SSSR count). The molecule has 0 bridgehead atoms. The molecule has 1 aliphatic carbocycles. The van der Waals surface area contributed by atoms with Gasteiger partial charge >= 0.3 is 5.97 Å². The highest BCUT2D eigenvalue weighted by Gasteiger charge is 2.21. The molecular weight excluding hydrogens is 356 g/mol. The molecule has 0 heterocycles. The van der Waals surface area contributed by atoms with Crippen molar-refractivity contribution in [2.24, 2.45) is 0 Å². The molecule has 0 aliphatic heterocycles. The molecule has 2 aromatic rings. The van der Waals surface area contributed by atoms with Crippen LogP contribution in [0.1, 0.15) is 46.8 Å². The molecule has 148 valence electrons. The van der Waals surface area contributed by atoms with Crippen LogP contribution in [0.3, 0.4) is 0 Å². The molecule has 0 radical (unpaired) electrons. The maximum atomic E-state index is 12.6. The molecule has 5 heteroatoms. The third-order valence-corrected chi connectivity index (χ3v) is 5.13. The monoisotopic (exact) mass is 382 g/mol. The number of rotatable bonds is 8. The topological polar surface area (TPSA) is 61.8 Å². The van der Waals surface area contributed by atoms with E-state index in [1.807, 2.05) is 30.3 Å². The summed E-state index contributed by atoms with van der Waals surface area (Å²) in [6.45, 7) is 1.63. The lowest BCUT2D eigenvalue weighted by atomic mass is 10.0. The predicted molar refractivity (Wildman–Crippen MR) is 106 cm³/mol. The number of methoxy groups -OCH3 is 2. The van der Waals surface area contributed by atoms with Crippen LogP contribution >= 0.6 is 0 Å². The quantitative estimate of drug-likeness (QED) is 0.511. The van der Waals surface area contributed by atoms with Crippen LogP contribution in [0.25, 0.3) is 0 Å². The first-order chi connectivity index (χ1) is 13.5. The van der Waals surface area contributed by atoms with E-state index < -0.39 is 12.1 Å². The first kappa shape index (κ1) is 19.9. The summed E-state index contributed by atoms with van der Waals surface area (Å²) in [6.07, 6.45) is 3.11. The number of ketones is 1. The summed E-state index contributed by atoms with van der Waals surface area (Å²) in [5, 5.41) is 0. The third kappa shape index (κ3) is 4.53. The molecule has 0 fully saturated rings. The molecule has 0 saturated heterocycles. The Balaban J connectivity index is 1.55. The Morgan fingerprint density at radius 3 is 2.46 bits per heavy atom. The van der Waals surface area contributed by atoms with Crippen molar-refractivity contribution in [1.82, 2.24) is 0 Å². The van der Waals surface area contributed by atoms with Crippen LogP contribution in [0, 0.1) is 0 Å². The predicted octanol–water partition coefficient (Wildman–Crippen LogP) is 3.94. The minimum absolute atomic E-state index is 0.158. The van der Waals surface area contributed by atoms with E-state index in [9.17, 15) is 9.59 Å². The van der Waals surface area contributed by atoms with Crippen LogP contribution in [0.15, 0.2) is 36.4 Å². The molecule has 5 nitrogen and oxygen atoms in total. The fourth-order valence-electron chi connectivity index (χ4n) is 3.55. The molecule has 0 spiro atoms. The number of hydrogen-bond acceptors (Lipinski definition) is 5. The van der Waals surface area contributed by atoms with Crippen LogP contribution in [0.5, 0.6) is 11.5 Å². The first-order valence-corrected chi connectivity index (χ1v) is 9.58. The number of Topliss-reactive ketones (excluding diaryl/α,β-unsaturated/α-hetero) is 1. The number of ether oxygens (including phenoxy) is 3. The molecular formula is C23H26O5. The number of esters is 1. The molecule has 0 N–H and O–H groups in total. The van der Waals surface area contributed by atoms with Crippen molar-refractivity contribution in [2.75, 3.05) is 14.2 Å². The highest BCUT2D eigenvalue weighted by molar-refractivity contribution is 6.00. The van der Waals surface area contributed by atoms with Gasteiger partial charge in [-0.1, -0.05) is 18.2 Å². The van der Waals surface area contributed by atoms with Gasteiger partial charge in [0, 0.05) is 12.0 Å². The van der Waals surface area contributed by atoms with Crippen molar-refractivity contribution in [3.63, 3.8) is 0 Å². The van der Waals surface area contributed by atoms with Crippen LogP contribution in [-0.2, 0) is 28.8 Å². The normalized spacial score (nSPS) is 13.5. The van der Waals surface area contributed by atoms with E-state index in [0.717, 1.165) is 24.8 Å². The fourth-order valence-corrected chi connectivity index (χ4v) is 3.55. The van der Waals surface area contributed by atoms with E-state index in [0.29, 0.717) is 23.5 Å². The standard InChI is InChI=1S/C23H26O5/c1-15(23(25)19-10-9-17-5-4-6-18(17)14-19)28-22(24)12-8-16-7-11-20(26-2)21(13-16)27-3/h7,9-11,13-15H,4-6,8,12H2,1-3H3/t15-/m0/s1. The van der Waals surface area contributed by atoms with Crippen LogP contribution in [-0.4, -0.2) is 32.1 Å². The zero-order valence-corrected chi connectivity index (χ0v) is 16.6. The molecule has 1 aliphatic rings. The average molecular weight is 382 g/mol. The molecule has 28 heavy (non-hydrogen) atoms. The molecule has 0 unspecified atom stereocenters. The summed E-state index contributed by atoms with van der Waals surface area (Å²) >= 11 is 0. The van der Waals surface area contributed by atoms with Crippen molar-refractivity contribution < 1.29 is 23.8 Å². The fraction of sp³-hybridized carbons (Fsp3) is 0.391. The van der Waals surface area contributed by atoms with Gasteiger partial charge in [-0.2, -0.15) is 0 Å². The molecule has 0 aromatic heterocycles. The Hall–Kier alpha value is -2.82. The second-order valence-corrected chi connectivity index (χ2v) is 7.02. The van der Waals surface area contributed by atoms with Crippen molar-refractivity contribution in [2.45, 2.75) is 45.1 Å². The van der Waals surface area contributed by atoms with Gasteiger partial charge in [-0.15, -0.1) is 0 Å². The van der Waals surface area contributed by atoms with Gasteiger partial charge in [0.1, 0.15) is 0 Å². The Labute approximate surface area is 165 Å². The summed E-state index contributed by atoms with van der Waals surface area (Å²) in [4.78, 5) is 24.8. The lowest BCUT2D eigenvalue weighted by Crippen LogP contribution is -2.24. The Morgan fingerprint density at radius 2 is 1.71 bits per heavy atom. The van der Waals surface area contributed by atoms with Crippen LogP contribution in [0.2, 0.25) is 0 Å². The Kier molecular flexibility index (Phi) is 6.34. The maximum absolute atomic E-state index is 12.6. The zero-order valence-electron chi connectivity index (χ0n) is 16.6. The number of aryl methyl sites for hydroxylation is 3. The lowest BCUT2D eigenvalue weighted by Gasteiger charge is -2.13. The number of carbonyl (C=O) groups is 2. The van der Waals surface area contributed by atoms with Gasteiger partial charge < -0.3 is 14.2 Å². The summed E-state index contributed by atoms with van der Waals surface area (Å²) < 4.78 is 15.9. The Morgan fingerprint density at radius 1 is 0.964 bits per heavy atom. The van der Waals surface area contributed by atoms with Gasteiger partial charge in [0.15, 0.2) is 17.6 Å². The Bertz CT molecular complexity index is 871. The second kappa shape index (κ2) is 8.91. The van der Waals surface area contributed by atoms with E-state index >= 15 is 0 Å². The lowest BCUT2D eigenvalue weighted by molar-refractivity contribution is -0.146. The highest BCUT2D eigenvalue weighted by Crippen LogP contribution is 2.28. The summed E-state index contributed by atoms with van der Waals surface area (Å²) in [6, 6.07) is 11.3. The first-order valence-electron chi connectivity index (χ1n) is 9.58. The molecule has 0 amide bonds.